The molecular weight excluding hydrogens is 455 g/mol. The van der Waals surface area contributed by atoms with Crippen LogP contribution in [-0.4, -0.2) is 52.9 Å². The first-order valence-corrected chi connectivity index (χ1v) is 10.2. The Morgan fingerprint density at radius 3 is 2.35 bits per heavy atom. The van der Waals surface area contributed by atoms with Gasteiger partial charge in [-0.05, 0) is 37.0 Å². The van der Waals surface area contributed by atoms with Crippen LogP contribution in [0.1, 0.15) is 30.5 Å². The number of benzene rings is 1. The quantitative estimate of drug-likeness (QED) is 0.521. The van der Waals surface area contributed by atoms with Crippen LogP contribution in [0.4, 0.5) is 13.2 Å². The molecule has 0 amide bonds. The molecular formula is C22H22F3N5O4. The fourth-order valence-corrected chi connectivity index (χ4v) is 3.53. The van der Waals surface area contributed by atoms with Crippen molar-refractivity contribution in [2.45, 2.75) is 38.4 Å². The van der Waals surface area contributed by atoms with Crippen molar-refractivity contribution in [3.05, 3.63) is 72.6 Å². The van der Waals surface area contributed by atoms with Gasteiger partial charge in [0.15, 0.2) is 0 Å². The van der Waals surface area contributed by atoms with Crippen LogP contribution in [0.3, 0.4) is 0 Å². The van der Waals surface area contributed by atoms with Crippen molar-refractivity contribution in [3.8, 4) is 5.69 Å². The molecule has 1 aromatic carbocycles. The summed E-state index contributed by atoms with van der Waals surface area (Å²) in [5.74, 6) is -3.51. The fraction of sp³-hybridized carbons (Fsp3) is 0.318. The third-order valence-corrected chi connectivity index (χ3v) is 5.35. The molecule has 1 aliphatic rings. The van der Waals surface area contributed by atoms with Gasteiger partial charge in [0.1, 0.15) is 0 Å². The number of allylic oxidation sites excluding steroid dienone is 2. The van der Waals surface area contributed by atoms with E-state index in [9.17, 15) is 23.1 Å². The smallest absolute Gasteiger partial charge is 0.481 e. The van der Waals surface area contributed by atoms with E-state index in [0.29, 0.717) is 25.8 Å². The molecule has 4 rings (SSSR count). The molecule has 1 unspecified atom stereocenters. The Morgan fingerprint density at radius 2 is 1.82 bits per heavy atom. The molecule has 0 saturated carbocycles. The highest BCUT2D eigenvalue weighted by molar-refractivity contribution is 5.75. The van der Waals surface area contributed by atoms with Crippen molar-refractivity contribution in [2.75, 3.05) is 0 Å². The second-order valence-electron chi connectivity index (χ2n) is 7.82. The number of carboxylic acid groups (broad SMARTS) is 2. The minimum absolute atomic E-state index is 0.409. The van der Waals surface area contributed by atoms with Gasteiger partial charge in [0.25, 0.3) is 0 Å². The SMILES string of the molecule is O=C(O)C(F)(F)F.O=C(O)C1(Cc2cn(Cc3ccc(-n4ccnc4)cc3)nn2)CC=CCC1. The van der Waals surface area contributed by atoms with E-state index in [0.717, 1.165) is 23.4 Å². The maximum Gasteiger partial charge on any atom is 0.490 e. The molecule has 1 aliphatic carbocycles. The van der Waals surface area contributed by atoms with Crippen molar-refractivity contribution < 1.29 is 33.0 Å². The van der Waals surface area contributed by atoms with Gasteiger partial charge in [0.2, 0.25) is 0 Å². The first-order chi connectivity index (χ1) is 16.1. The van der Waals surface area contributed by atoms with Crippen LogP contribution in [-0.2, 0) is 22.6 Å². The first kappa shape index (κ1) is 24.7. The number of imidazole rings is 1. The number of rotatable bonds is 6. The van der Waals surface area contributed by atoms with Gasteiger partial charge < -0.3 is 14.8 Å². The Kier molecular flexibility index (Phi) is 7.49. The number of halogens is 3. The van der Waals surface area contributed by atoms with Gasteiger partial charge in [-0.1, -0.05) is 29.5 Å². The first-order valence-electron chi connectivity index (χ1n) is 10.2. The predicted molar refractivity (Wildman–Crippen MR) is 113 cm³/mol. The minimum Gasteiger partial charge on any atom is -0.481 e. The summed E-state index contributed by atoms with van der Waals surface area (Å²) in [5.41, 5.74) is 2.11. The van der Waals surface area contributed by atoms with Gasteiger partial charge >= 0.3 is 18.1 Å². The molecule has 0 spiro atoms. The number of carbonyl (C=O) groups is 2. The second-order valence-corrected chi connectivity index (χ2v) is 7.82. The van der Waals surface area contributed by atoms with E-state index >= 15 is 0 Å². The summed E-state index contributed by atoms with van der Waals surface area (Å²) in [6, 6.07) is 8.15. The molecule has 9 nitrogen and oxygen atoms in total. The summed E-state index contributed by atoms with van der Waals surface area (Å²) < 4.78 is 35.4. The lowest BCUT2D eigenvalue weighted by Crippen LogP contribution is -2.34. The van der Waals surface area contributed by atoms with E-state index in [1.165, 1.54) is 0 Å². The summed E-state index contributed by atoms with van der Waals surface area (Å²) >= 11 is 0. The average Bonchev–Trinajstić information content (AvgIpc) is 3.47. The zero-order valence-corrected chi connectivity index (χ0v) is 17.9. The van der Waals surface area contributed by atoms with Gasteiger partial charge in [-0.15, -0.1) is 5.10 Å². The molecule has 12 heteroatoms. The fourth-order valence-electron chi connectivity index (χ4n) is 3.53. The summed E-state index contributed by atoms with van der Waals surface area (Å²) in [5, 5.41) is 25.2. The van der Waals surface area contributed by atoms with Gasteiger partial charge in [0, 0.05) is 30.7 Å². The highest BCUT2D eigenvalue weighted by Gasteiger charge is 2.39. The van der Waals surface area contributed by atoms with Gasteiger partial charge in [0.05, 0.1) is 24.0 Å². The molecule has 0 saturated heterocycles. The predicted octanol–water partition coefficient (Wildman–Crippen LogP) is 3.50. The summed E-state index contributed by atoms with van der Waals surface area (Å²) in [6.07, 6.45) is 8.58. The molecule has 0 fully saturated rings. The van der Waals surface area contributed by atoms with Crippen molar-refractivity contribution in [1.29, 1.82) is 0 Å². The standard InChI is InChI=1S/C20H21N5O2.C2HF3O2/c26-19(27)20(8-2-1-3-9-20)12-17-14-25(23-22-17)13-16-4-6-18(7-5-16)24-11-10-21-15-24;3-2(4,5)1(6)7/h1-2,4-7,10-11,14-15H,3,8-9,12-13H2,(H,26,27);(H,6,7). The summed E-state index contributed by atoms with van der Waals surface area (Å²) in [4.78, 5) is 24.8. The minimum atomic E-state index is -5.08. The lowest BCUT2D eigenvalue weighted by molar-refractivity contribution is -0.192. The van der Waals surface area contributed by atoms with E-state index in [2.05, 4.69) is 15.3 Å². The Balaban J connectivity index is 0.000000406. The van der Waals surface area contributed by atoms with Gasteiger partial charge in [-0.3, -0.25) is 4.79 Å². The van der Waals surface area contributed by atoms with Crippen molar-refractivity contribution in [3.63, 3.8) is 0 Å². The number of nitrogens with zero attached hydrogens (tertiary/aromatic N) is 5. The van der Waals surface area contributed by atoms with E-state index < -0.39 is 23.5 Å². The molecule has 2 N–H and O–H groups in total. The molecule has 180 valence electrons. The normalized spacial score (nSPS) is 17.6. The van der Waals surface area contributed by atoms with Crippen molar-refractivity contribution >= 4 is 11.9 Å². The van der Waals surface area contributed by atoms with Crippen LogP contribution in [0.15, 0.2) is 61.3 Å². The largest absolute Gasteiger partial charge is 0.490 e. The number of carboxylic acids is 2. The van der Waals surface area contributed by atoms with Gasteiger partial charge in [-0.25, -0.2) is 14.5 Å². The summed E-state index contributed by atoms with van der Waals surface area (Å²) in [6.45, 7) is 0.594. The van der Waals surface area contributed by atoms with Crippen LogP contribution >= 0.6 is 0 Å². The van der Waals surface area contributed by atoms with Crippen LogP contribution < -0.4 is 0 Å². The highest BCUT2D eigenvalue weighted by Crippen LogP contribution is 2.36. The number of hydrogen-bond acceptors (Lipinski definition) is 5. The Hall–Kier alpha value is -3.96. The molecule has 2 heterocycles. The van der Waals surface area contributed by atoms with Crippen molar-refractivity contribution in [2.24, 2.45) is 5.41 Å². The third kappa shape index (κ3) is 6.30. The molecule has 0 aliphatic heterocycles. The van der Waals surface area contributed by atoms with Crippen LogP contribution in [0.5, 0.6) is 0 Å². The maximum atomic E-state index is 11.8. The van der Waals surface area contributed by atoms with Gasteiger partial charge in [-0.2, -0.15) is 13.2 Å². The number of alkyl halides is 3. The lowest BCUT2D eigenvalue weighted by Gasteiger charge is -2.29. The zero-order chi connectivity index (χ0) is 24.8. The monoisotopic (exact) mass is 477 g/mol. The number of hydrogen-bond donors (Lipinski definition) is 2. The van der Waals surface area contributed by atoms with E-state index in [-0.39, 0.29) is 0 Å². The lowest BCUT2D eigenvalue weighted by atomic mass is 9.74. The molecule has 1 atom stereocenters. The average molecular weight is 477 g/mol. The second kappa shape index (κ2) is 10.3. The Morgan fingerprint density at radius 1 is 1.12 bits per heavy atom. The molecule has 3 aromatic rings. The Labute approximate surface area is 192 Å². The topological polar surface area (TPSA) is 123 Å². The van der Waals surface area contributed by atoms with E-state index in [1.807, 2.05) is 53.4 Å². The highest BCUT2D eigenvalue weighted by atomic mass is 19.4. The maximum absolute atomic E-state index is 11.8. The molecule has 34 heavy (non-hydrogen) atoms. The van der Waals surface area contributed by atoms with Crippen molar-refractivity contribution in [1.82, 2.24) is 24.5 Å². The van der Waals surface area contributed by atoms with Crippen LogP contribution in [0.2, 0.25) is 0 Å². The molecule has 0 bridgehead atoms. The van der Waals surface area contributed by atoms with E-state index in [1.54, 1.807) is 17.2 Å². The van der Waals surface area contributed by atoms with E-state index in [4.69, 9.17) is 9.90 Å². The zero-order valence-electron chi connectivity index (χ0n) is 17.9. The molecule has 0 radical (unpaired) electrons. The van der Waals surface area contributed by atoms with Crippen LogP contribution in [0.25, 0.3) is 5.69 Å². The summed E-state index contributed by atoms with van der Waals surface area (Å²) in [7, 11) is 0. The molecule has 2 aromatic heterocycles. The third-order valence-electron chi connectivity index (χ3n) is 5.35. The Bertz CT molecular complexity index is 1140. The number of aliphatic carboxylic acids is 2. The number of aromatic nitrogens is 5. The van der Waals surface area contributed by atoms with Crippen LogP contribution in [0, 0.1) is 5.41 Å².